The van der Waals surface area contributed by atoms with Crippen LogP contribution in [0.4, 0.5) is 0 Å². The number of methoxy groups -OCH3 is 1. The van der Waals surface area contributed by atoms with Gasteiger partial charge in [0.25, 0.3) is 0 Å². The van der Waals surface area contributed by atoms with Crippen molar-refractivity contribution >= 4 is 29.2 Å². The van der Waals surface area contributed by atoms with Crippen LogP contribution in [-0.4, -0.2) is 30.6 Å². The zero-order chi connectivity index (χ0) is 14.5. The number of halogens is 2. The van der Waals surface area contributed by atoms with Crippen LogP contribution < -0.4 is 0 Å². The van der Waals surface area contributed by atoms with Gasteiger partial charge in [0.2, 0.25) is 0 Å². The van der Waals surface area contributed by atoms with E-state index in [9.17, 15) is 4.79 Å². The summed E-state index contributed by atoms with van der Waals surface area (Å²) in [7, 11) is 1.44. The highest BCUT2D eigenvalue weighted by atomic mass is 35.5. The first kappa shape index (κ1) is 15.6. The molecule has 110 valence electrons. The molecule has 1 aliphatic heterocycles. The predicted octanol–water partition coefficient (Wildman–Crippen LogP) is 3.91. The van der Waals surface area contributed by atoms with Crippen LogP contribution >= 0.6 is 23.2 Å². The van der Waals surface area contributed by atoms with Crippen molar-refractivity contribution in [2.45, 2.75) is 38.3 Å². The largest absolute Gasteiger partial charge is 0.469 e. The molecule has 1 aliphatic rings. The molecule has 0 saturated carbocycles. The van der Waals surface area contributed by atoms with Crippen molar-refractivity contribution in [1.29, 1.82) is 0 Å². The van der Waals surface area contributed by atoms with Gasteiger partial charge in [-0.3, -0.25) is 9.69 Å². The highest BCUT2D eigenvalue weighted by molar-refractivity contribution is 6.35. The Morgan fingerprint density at radius 1 is 1.40 bits per heavy atom. The second-order valence-corrected chi connectivity index (χ2v) is 5.98. The van der Waals surface area contributed by atoms with Gasteiger partial charge in [-0.05, 0) is 37.1 Å². The molecule has 0 aromatic heterocycles. The minimum absolute atomic E-state index is 0.149. The first-order chi connectivity index (χ1) is 9.60. The maximum atomic E-state index is 11.5. The number of carbonyl (C=O) groups is 1. The molecule has 1 atom stereocenters. The van der Waals surface area contributed by atoms with Crippen LogP contribution in [0.15, 0.2) is 18.2 Å². The predicted molar refractivity (Wildman–Crippen MR) is 81.1 cm³/mol. The summed E-state index contributed by atoms with van der Waals surface area (Å²) >= 11 is 12.1. The molecule has 1 heterocycles. The number of hydrogen-bond acceptors (Lipinski definition) is 3. The van der Waals surface area contributed by atoms with Crippen molar-refractivity contribution < 1.29 is 9.53 Å². The van der Waals surface area contributed by atoms with Crippen LogP contribution in [0.1, 0.15) is 31.2 Å². The molecule has 1 fully saturated rings. The van der Waals surface area contributed by atoms with Crippen LogP contribution in [0.2, 0.25) is 10.0 Å². The fourth-order valence-electron chi connectivity index (χ4n) is 2.64. The van der Waals surface area contributed by atoms with Crippen LogP contribution in [0.3, 0.4) is 0 Å². The second-order valence-electron chi connectivity index (χ2n) is 5.14. The lowest BCUT2D eigenvalue weighted by Crippen LogP contribution is -2.40. The van der Waals surface area contributed by atoms with Crippen molar-refractivity contribution in [2.24, 2.45) is 0 Å². The molecule has 0 aliphatic carbocycles. The molecule has 0 N–H and O–H groups in total. The Morgan fingerprint density at radius 3 is 2.90 bits per heavy atom. The topological polar surface area (TPSA) is 29.5 Å². The van der Waals surface area contributed by atoms with Gasteiger partial charge in [-0.15, -0.1) is 0 Å². The Hall–Kier alpha value is -0.770. The molecule has 0 radical (unpaired) electrons. The molecule has 2 rings (SSSR count). The normalized spacial score (nSPS) is 19.9. The van der Waals surface area contributed by atoms with E-state index < -0.39 is 0 Å². The monoisotopic (exact) mass is 315 g/mol. The summed E-state index contributed by atoms with van der Waals surface area (Å²) in [6, 6.07) is 5.80. The van der Waals surface area contributed by atoms with Gasteiger partial charge in [-0.25, -0.2) is 0 Å². The number of benzene rings is 1. The fraction of sp³-hybridized carbons (Fsp3) is 0.533. The van der Waals surface area contributed by atoms with Gasteiger partial charge in [-0.2, -0.15) is 0 Å². The Kier molecular flexibility index (Phi) is 5.70. The van der Waals surface area contributed by atoms with Gasteiger partial charge in [-0.1, -0.05) is 35.7 Å². The average molecular weight is 316 g/mol. The molecule has 1 aromatic carbocycles. The molecule has 1 unspecified atom stereocenters. The van der Waals surface area contributed by atoms with E-state index in [4.69, 9.17) is 27.9 Å². The lowest BCUT2D eigenvalue weighted by atomic mass is 9.98. The summed E-state index contributed by atoms with van der Waals surface area (Å²) in [5, 5.41) is 1.32. The Morgan fingerprint density at radius 2 is 2.20 bits per heavy atom. The number of likely N-dealkylation sites (tertiary alicyclic amines) is 1. The van der Waals surface area contributed by atoms with E-state index in [-0.39, 0.29) is 12.0 Å². The lowest BCUT2D eigenvalue weighted by molar-refractivity contribution is -0.142. The molecule has 0 spiro atoms. The molecule has 0 bridgehead atoms. The summed E-state index contributed by atoms with van der Waals surface area (Å²) in [6.45, 7) is 1.73. The minimum Gasteiger partial charge on any atom is -0.469 e. The number of carbonyl (C=O) groups excluding carboxylic acids is 1. The van der Waals surface area contributed by atoms with Crippen LogP contribution in [0, 0.1) is 0 Å². The highest BCUT2D eigenvalue weighted by Gasteiger charge is 2.25. The lowest BCUT2D eigenvalue weighted by Gasteiger charge is -2.35. The molecule has 20 heavy (non-hydrogen) atoms. The SMILES string of the molecule is COC(=O)CC1CCCCN1Cc1ccc(Cl)cc1Cl. The third kappa shape index (κ3) is 4.11. The number of nitrogens with zero attached hydrogens (tertiary/aromatic N) is 1. The standard InChI is InChI=1S/C15H19Cl2NO2/c1-20-15(19)9-13-4-2-3-7-18(13)10-11-5-6-12(16)8-14(11)17/h5-6,8,13H,2-4,7,9-10H2,1H3. The van der Waals surface area contributed by atoms with Gasteiger partial charge in [0.05, 0.1) is 13.5 Å². The van der Waals surface area contributed by atoms with Crippen molar-refractivity contribution in [1.82, 2.24) is 4.90 Å². The van der Waals surface area contributed by atoms with Crippen LogP contribution in [0.5, 0.6) is 0 Å². The number of piperidine rings is 1. The second kappa shape index (κ2) is 7.30. The van der Waals surface area contributed by atoms with Gasteiger partial charge in [0, 0.05) is 22.6 Å². The maximum Gasteiger partial charge on any atom is 0.307 e. The molecule has 5 heteroatoms. The molecule has 3 nitrogen and oxygen atoms in total. The summed E-state index contributed by atoms with van der Waals surface area (Å²) < 4.78 is 4.78. The molecular weight excluding hydrogens is 297 g/mol. The number of esters is 1. The minimum atomic E-state index is -0.149. The Bertz CT molecular complexity index is 479. The first-order valence-electron chi connectivity index (χ1n) is 6.85. The first-order valence-corrected chi connectivity index (χ1v) is 7.60. The zero-order valence-electron chi connectivity index (χ0n) is 11.6. The fourth-order valence-corrected chi connectivity index (χ4v) is 3.11. The van der Waals surface area contributed by atoms with E-state index in [1.807, 2.05) is 12.1 Å². The summed E-state index contributed by atoms with van der Waals surface area (Å²) in [4.78, 5) is 13.8. The van der Waals surface area contributed by atoms with Gasteiger partial charge < -0.3 is 4.74 Å². The molecule has 0 amide bonds. The molecule has 1 saturated heterocycles. The summed E-state index contributed by atoms with van der Waals surface area (Å²) in [5.41, 5.74) is 1.05. The van der Waals surface area contributed by atoms with Crippen molar-refractivity contribution in [3.05, 3.63) is 33.8 Å². The van der Waals surface area contributed by atoms with Crippen molar-refractivity contribution in [2.75, 3.05) is 13.7 Å². The average Bonchev–Trinajstić information content (AvgIpc) is 2.43. The summed E-state index contributed by atoms with van der Waals surface area (Å²) in [6.07, 6.45) is 3.79. The van der Waals surface area contributed by atoms with Crippen molar-refractivity contribution in [3.63, 3.8) is 0 Å². The molecule has 1 aromatic rings. The van der Waals surface area contributed by atoms with E-state index in [1.54, 1.807) is 6.07 Å². The Labute approximate surface area is 129 Å². The van der Waals surface area contributed by atoms with Gasteiger partial charge in [0.1, 0.15) is 0 Å². The van der Waals surface area contributed by atoms with Gasteiger partial charge >= 0.3 is 5.97 Å². The van der Waals surface area contributed by atoms with Gasteiger partial charge in [0.15, 0.2) is 0 Å². The Balaban J connectivity index is 2.06. The zero-order valence-corrected chi connectivity index (χ0v) is 13.1. The smallest absolute Gasteiger partial charge is 0.307 e. The van der Waals surface area contributed by atoms with E-state index in [2.05, 4.69) is 4.90 Å². The van der Waals surface area contributed by atoms with Crippen LogP contribution in [-0.2, 0) is 16.1 Å². The van der Waals surface area contributed by atoms with E-state index in [0.29, 0.717) is 16.5 Å². The quantitative estimate of drug-likeness (QED) is 0.789. The van der Waals surface area contributed by atoms with Crippen LogP contribution in [0.25, 0.3) is 0 Å². The highest BCUT2D eigenvalue weighted by Crippen LogP contribution is 2.26. The molecular formula is C15H19Cl2NO2. The summed E-state index contributed by atoms with van der Waals surface area (Å²) in [5.74, 6) is -0.149. The van der Waals surface area contributed by atoms with E-state index >= 15 is 0 Å². The third-order valence-corrected chi connectivity index (χ3v) is 4.35. The number of hydrogen-bond donors (Lipinski definition) is 0. The third-order valence-electron chi connectivity index (χ3n) is 3.77. The van der Waals surface area contributed by atoms with E-state index in [1.165, 1.54) is 7.11 Å². The van der Waals surface area contributed by atoms with Crippen molar-refractivity contribution in [3.8, 4) is 0 Å². The number of rotatable bonds is 4. The number of ether oxygens (including phenoxy) is 1. The maximum absolute atomic E-state index is 11.5. The van der Waals surface area contributed by atoms with E-state index in [0.717, 1.165) is 37.9 Å².